The Bertz CT molecular complexity index is 631. The fraction of sp³-hybridized carbons (Fsp3) is 0.333. The molecular formula is C15H20N4O. The van der Waals surface area contributed by atoms with Crippen molar-refractivity contribution < 1.29 is 4.79 Å². The van der Waals surface area contributed by atoms with Crippen molar-refractivity contribution in [3.8, 4) is 0 Å². The molecule has 0 fully saturated rings. The standard InChI is InChI=1S/C15H20N4O/c1-4-11-7-6-8-12(9-11)17-15(20)14-13(16)10(3)18-19(14)5-2/h6-9H,4-5,16H2,1-3H3,(H,17,20). The fourth-order valence-corrected chi connectivity index (χ4v) is 2.12. The fourth-order valence-electron chi connectivity index (χ4n) is 2.12. The maximum atomic E-state index is 12.4. The molecule has 0 radical (unpaired) electrons. The Morgan fingerprint density at radius 1 is 1.40 bits per heavy atom. The molecule has 1 aromatic carbocycles. The third-order valence-corrected chi connectivity index (χ3v) is 3.28. The Balaban J connectivity index is 2.28. The lowest BCUT2D eigenvalue weighted by atomic mass is 10.1. The summed E-state index contributed by atoms with van der Waals surface area (Å²) in [6.45, 7) is 6.42. The van der Waals surface area contributed by atoms with Gasteiger partial charge in [-0.3, -0.25) is 9.48 Å². The maximum Gasteiger partial charge on any atom is 0.276 e. The molecule has 5 heteroatoms. The summed E-state index contributed by atoms with van der Waals surface area (Å²) in [4.78, 5) is 12.4. The van der Waals surface area contributed by atoms with E-state index in [2.05, 4.69) is 17.3 Å². The first-order chi connectivity index (χ1) is 9.56. The summed E-state index contributed by atoms with van der Waals surface area (Å²) >= 11 is 0. The van der Waals surface area contributed by atoms with Gasteiger partial charge in [0.2, 0.25) is 0 Å². The van der Waals surface area contributed by atoms with Gasteiger partial charge >= 0.3 is 0 Å². The van der Waals surface area contributed by atoms with E-state index >= 15 is 0 Å². The number of carbonyl (C=O) groups excluding carboxylic acids is 1. The summed E-state index contributed by atoms with van der Waals surface area (Å²) in [6.07, 6.45) is 0.928. The van der Waals surface area contributed by atoms with Gasteiger partial charge in [0.1, 0.15) is 5.69 Å². The van der Waals surface area contributed by atoms with Crippen molar-refractivity contribution in [3.63, 3.8) is 0 Å². The van der Waals surface area contributed by atoms with Gasteiger partial charge in [-0.2, -0.15) is 5.10 Å². The van der Waals surface area contributed by atoms with E-state index in [9.17, 15) is 4.79 Å². The Kier molecular flexibility index (Phi) is 4.08. The highest BCUT2D eigenvalue weighted by Crippen LogP contribution is 2.19. The second kappa shape index (κ2) is 5.77. The van der Waals surface area contributed by atoms with Crippen molar-refractivity contribution >= 4 is 17.3 Å². The van der Waals surface area contributed by atoms with Gasteiger partial charge in [-0.1, -0.05) is 19.1 Å². The van der Waals surface area contributed by atoms with E-state index in [0.717, 1.165) is 12.1 Å². The number of benzene rings is 1. The first kappa shape index (κ1) is 14.1. The number of nitrogens with two attached hydrogens (primary N) is 1. The van der Waals surface area contributed by atoms with Crippen LogP contribution < -0.4 is 11.1 Å². The lowest BCUT2D eigenvalue weighted by Gasteiger charge is -2.08. The van der Waals surface area contributed by atoms with Crippen LogP contribution in [0.4, 0.5) is 11.4 Å². The second-order valence-electron chi connectivity index (χ2n) is 4.67. The SMILES string of the molecule is CCc1cccc(NC(=O)c2c(N)c(C)nn2CC)c1. The van der Waals surface area contributed by atoms with Crippen molar-refractivity contribution in [2.45, 2.75) is 33.7 Å². The zero-order valence-corrected chi connectivity index (χ0v) is 12.1. The predicted molar refractivity (Wildman–Crippen MR) is 80.8 cm³/mol. The molecule has 0 saturated heterocycles. The largest absolute Gasteiger partial charge is 0.395 e. The Morgan fingerprint density at radius 2 is 2.15 bits per heavy atom. The number of nitrogens with zero attached hydrogens (tertiary/aromatic N) is 2. The molecule has 0 aliphatic heterocycles. The number of hydrogen-bond acceptors (Lipinski definition) is 3. The van der Waals surface area contributed by atoms with Crippen LogP contribution in [0.25, 0.3) is 0 Å². The maximum absolute atomic E-state index is 12.4. The molecule has 0 aliphatic rings. The Hall–Kier alpha value is -2.30. The molecule has 1 amide bonds. The van der Waals surface area contributed by atoms with Crippen molar-refractivity contribution in [1.82, 2.24) is 9.78 Å². The first-order valence-corrected chi connectivity index (χ1v) is 6.80. The molecule has 2 aromatic rings. The average Bonchev–Trinajstić information content (AvgIpc) is 2.74. The van der Waals surface area contributed by atoms with Gasteiger partial charge in [0.25, 0.3) is 5.91 Å². The molecule has 0 spiro atoms. The molecule has 0 saturated carbocycles. The third kappa shape index (κ3) is 2.66. The number of nitrogens with one attached hydrogen (secondary N) is 1. The van der Waals surface area contributed by atoms with E-state index in [4.69, 9.17) is 5.73 Å². The molecular weight excluding hydrogens is 252 g/mol. The van der Waals surface area contributed by atoms with Gasteiger partial charge < -0.3 is 11.1 Å². The molecule has 0 bridgehead atoms. The summed E-state index contributed by atoms with van der Waals surface area (Å²) in [5.74, 6) is -0.224. The number of aryl methyl sites for hydroxylation is 3. The van der Waals surface area contributed by atoms with E-state index in [1.54, 1.807) is 11.6 Å². The summed E-state index contributed by atoms with van der Waals surface area (Å²) in [5, 5.41) is 7.14. The highest BCUT2D eigenvalue weighted by atomic mass is 16.2. The molecule has 1 heterocycles. The van der Waals surface area contributed by atoms with E-state index < -0.39 is 0 Å². The minimum absolute atomic E-state index is 0.224. The lowest BCUT2D eigenvalue weighted by Crippen LogP contribution is -2.18. The minimum Gasteiger partial charge on any atom is -0.395 e. The van der Waals surface area contributed by atoms with Crippen molar-refractivity contribution in [3.05, 3.63) is 41.2 Å². The highest BCUT2D eigenvalue weighted by molar-refractivity contribution is 6.06. The van der Waals surface area contributed by atoms with Gasteiger partial charge in [0.15, 0.2) is 0 Å². The highest BCUT2D eigenvalue weighted by Gasteiger charge is 2.19. The van der Waals surface area contributed by atoms with Crippen molar-refractivity contribution in [2.75, 3.05) is 11.1 Å². The van der Waals surface area contributed by atoms with E-state index in [0.29, 0.717) is 23.6 Å². The van der Waals surface area contributed by atoms with E-state index in [-0.39, 0.29) is 5.91 Å². The molecule has 0 unspecified atom stereocenters. The van der Waals surface area contributed by atoms with E-state index in [1.165, 1.54) is 5.56 Å². The molecule has 3 N–H and O–H groups in total. The van der Waals surface area contributed by atoms with Crippen molar-refractivity contribution in [2.24, 2.45) is 0 Å². The van der Waals surface area contributed by atoms with Crippen LogP contribution in [0.15, 0.2) is 24.3 Å². The number of rotatable bonds is 4. The molecule has 5 nitrogen and oxygen atoms in total. The summed E-state index contributed by atoms with van der Waals surface area (Å²) < 4.78 is 1.63. The zero-order valence-electron chi connectivity index (χ0n) is 12.1. The smallest absolute Gasteiger partial charge is 0.276 e. The van der Waals surface area contributed by atoms with Crippen LogP contribution in [0, 0.1) is 6.92 Å². The molecule has 20 heavy (non-hydrogen) atoms. The summed E-state index contributed by atoms with van der Waals surface area (Å²) in [6, 6.07) is 7.80. The molecule has 1 aromatic heterocycles. The molecule has 0 atom stereocenters. The van der Waals surface area contributed by atoms with Gasteiger partial charge in [-0.25, -0.2) is 0 Å². The van der Waals surface area contributed by atoms with Crippen molar-refractivity contribution in [1.29, 1.82) is 0 Å². The quantitative estimate of drug-likeness (QED) is 0.898. The van der Waals surface area contributed by atoms with Gasteiger partial charge in [0.05, 0.1) is 11.4 Å². The summed E-state index contributed by atoms with van der Waals surface area (Å²) in [7, 11) is 0. The van der Waals surface area contributed by atoms with Crippen LogP contribution in [0.2, 0.25) is 0 Å². The number of anilines is 2. The van der Waals surface area contributed by atoms with Gasteiger partial charge in [0, 0.05) is 12.2 Å². The normalized spacial score (nSPS) is 10.6. The van der Waals surface area contributed by atoms with Crippen LogP contribution in [0.5, 0.6) is 0 Å². The third-order valence-electron chi connectivity index (χ3n) is 3.28. The first-order valence-electron chi connectivity index (χ1n) is 6.80. The van der Waals surface area contributed by atoms with Crippen LogP contribution >= 0.6 is 0 Å². The van der Waals surface area contributed by atoms with Gasteiger partial charge in [-0.15, -0.1) is 0 Å². The molecule has 2 rings (SSSR count). The topological polar surface area (TPSA) is 72.9 Å². The molecule has 106 valence electrons. The zero-order chi connectivity index (χ0) is 14.7. The van der Waals surface area contributed by atoms with Crippen LogP contribution in [-0.2, 0) is 13.0 Å². The van der Waals surface area contributed by atoms with Crippen LogP contribution in [0.3, 0.4) is 0 Å². The van der Waals surface area contributed by atoms with Crippen LogP contribution in [0.1, 0.15) is 35.6 Å². The van der Waals surface area contributed by atoms with E-state index in [1.807, 2.05) is 31.2 Å². The number of amides is 1. The monoisotopic (exact) mass is 272 g/mol. The number of carbonyl (C=O) groups is 1. The average molecular weight is 272 g/mol. The lowest BCUT2D eigenvalue weighted by molar-refractivity contribution is 0.101. The predicted octanol–water partition coefficient (Wildman–Crippen LogP) is 2.61. The number of aromatic nitrogens is 2. The minimum atomic E-state index is -0.224. The summed E-state index contributed by atoms with van der Waals surface area (Å²) in [5.41, 5.74) is 9.44. The van der Waals surface area contributed by atoms with Gasteiger partial charge in [-0.05, 0) is 38.0 Å². The van der Waals surface area contributed by atoms with Crippen LogP contribution in [-0.4, -0.2) is 15.7 Å². The number of hydrogen-bond donors (Lipinski definition) is 2. The number of nitrogen functional groups attached to an aromatic ring is 1. The Morgan fingerprint density at radius 3 is 2.80 bits per heavy atom. The molecule has 0 aliphatic carbocycles. The Labute approximate surface area is 118 Å². The second-order valence-corrected chi connectivity index (χ2v) is 4.67.